The molecule has 0 amide bonds. The maximum absolute atomic E-state index is 13.2. The van der Waals surface area contributed by atoms with Gasteiger partial charge in [-0.2, -0.15) is 0 Å². The Kier molecular flexibility index (Phi) is 2.65. The van der Waals surface area contributed by atoms with E-state index in [0.717, 1.165) is 32.9 Å². The highest BCUT2D eigenvalue weighted by Crippen LogP contribution is 2.31. The van der Waals surface area contributed by atoms with Gasteiger partial charge in [0.15, 0.2) is 0 Å². The number of aromatic amines is 1. The Morgan fingerprint density at radius 1 is 0.708 bits per heavy atom. The van der Waals surface area contributed by atoms with E-state index in [2.05, 4.69) is 17.1 Å². The molecule has 114 valence electrons. The van der Waals surface area contributed by atoms with Crippen LogP contribution in [0.5, 0.6) is 0 Å². The Bertz CT molecular complexity index is 1260. The molecule has 5 aromatic rings. The van der Waals surface area contributed by atoms with Crippen LogP contribution < -0.4 is 5.56 Å². The summed E-state index contributed by atoms with van der Waals surface area (Å²) >= 11 is 0. The molecule has 24 heavy (non-hydrogen) atoms. The zero-order chi connectivity index (χ0) is 16.1. The molecule has 0 radical (unpaired) electrons. The van der Waals surface area contributed by atoms with E-state index in [9.17, 15) is 4.79 Å². The second-order valence-electron chi connectivity index (χ2n) is 5.91. The number of nitrogens with zero attached hydrogens (tertiary/aromatic N) is 1. The normalized spacial score (nSPS) is 11.5. The fourth-order valence-corrected chi connectivity index (χ4v) is 3.52. The molecule has 0 fully saturated rings. The van der Waals surface area contributed by atoms with E-state index in [1.54, 1.807) is 4.57 Å². The third kappa shape index (κ3) is 1.69. The quantitative estimate of drug-likeness (QED) is 0.482. The Morgan fingerprint density at radius 3 is 2.21 bits per heavy atom. The lowest BCUT2D eigenvalue weighted by molar-refractivity contribution is 1.06. The first-order chi connectivity index (χ1) is 11.8. The molecule has 0 aliphatic rings. The van der Waals surface area contributed by atoms with Crippen LogP contribution in [0.3, 0.4) is 0 Å². The molecule has 3 heteroatoms. The third-order valence-corrected chi connectivity index (χ3v) is 4.55. The monoisotopic (exact) mass is 310 g/mol. The average molecular weight is 310 g/mol. The Morgan fingerprint density at radius 2 is 1.38 bits per heavy atom. The van der Waals surface area contributed by atoms with E-state index < -0.39 is 0 Å². The first-order valence-corrected chi connectivity index (χ1v) is 7.94. The van der Waals surface area contributed by atoms with Crippen LogP contribution in [0.2, 0.25) is 0 Å². The summed E-state index contributed by atoms with van der Waals surface area (Å²) in [7, 11) is 0. The second-order valence-corrected chi connectivity index (χ2v) is 5.91. The number of H-pyrrole nitrogens is 1. The molecule has 2 aromatic heterocycles. The smallest absolute Gasteiger partial charge is 0.279 e. The van der Waals surface area contributed by atoms with Gasteiger partial charge in [0.1, 0.15) is 5.52 Å². The molecule has 0 bridgehead atoms. The Hall–Kier alpha value is -3.33. The minimum Gasteiger partial charge on any atom is -0.350 e. The van der Waals surface area contributed by atoms with Crippen LogP contribution in [0.4, 0.5) is 0 Å². The van der Waals surface area contributed by atoms with Crippen molar-refractivity contribution in [1.82, 2.24) is 9.55 Å². The average Bonchev–Trinajstić information content (AvgIpc) is 3.03. The number of nitrogens with one attached hydrogen (secondary N) is 1. The maximum atomic E-state index is 13.2. The van der Waals surface area contributed by atoms with Gasteiger partial charge in [-0.1, -0.05) is 54.6 Å². The summed E-state index contributed by atoms with van der Waals surface area (Å²) in [5.41, 5.74) is 3.41. The van der Waals surface area contributed by atoms with Gasteiger partial charge in [0.25, 0.3) is 5.56 Å². The van der Waals surface area contributed by atoms with Crippen molar-refractivity contribution in [2.24, 2.45) is 0 Å². The van der Waals surface area contributed by atoms with E-state index in [4.69, 9.17) is 0 Å². The second kappa shape index (κ2) is 4.83. The fraction of sp³-hybridized carbons (Fsp3) is 0. The van der Waals surface area contributed by atoms with Crippen LogP contribution in [0, 0.1) is 0 Å². The number of rotatable bonds is 1. The molecular formula is C21H14N2O. The summed E-state index contributed by atoms with van der Waals surface area (Å²) in [6.45, 7) is 0. The first-order valence-electron chi connectivity index (χ1n) is 7.94. The molecule has 0 unspecified atom stereocenters. The van der Waals surface area contributed by atoms with Crippen LogP contribution >= 0.6 is 0 Å². The van der Waals surface area contributed by atoms with E-state index in [0.29, 0.717) is 5.52 Å². The van der Waals surface area contributed by atoms with Gasteiger partial charge in [-0.25, -0.2) is 0 Å². The van der Waals surface area contributed by atoms with Crippen molar-refractivity contribution >= 4 is 32.7 Å². The molecule has 0 saturated heterocycles. The van der Waals surface area contributed by atoms with Crippen molar-refractivity contribution < 1.29 is 0 Å². The molecule has 0 spiro atoms. The minimum absolute atomic E-state index is 0.0221. The lowest BCUT2D eigenvalue weighted by atomic mass is 10.1. The molecule has 0 aliphatic carbocycles. The molecular weight excluding hydrogens is 296 g/mol. The van der Waals surface area contributed by atoms with Crippen LogP contribution in [0.1, 0.15) is 0 Å². The van der Waals surface area contributed by atoms with E-state index in [1.165, 1.54) is 0 Å². The van der Waals surface area contributed by atoms with Crippen LogP contribution in [0.15, 0.2) is 83.7 Å². The van der Waals surface area contributed by atoms with Gasteiger partial charge >= 0.3 is 0 Å². The summed E-state index contributed by atoms with van der Waals surface area (Å²) < 4.78 is 1.78. The topological polar surface area (TPSA) is 37.8 Å². The number of aromatic nitrogens is 2. The van der Waals surface area contributed by atoms with Gasteiger partial charge in [0, 0.05) is 27.4 Å². The molecule has 5 rings (SSSR count). The van der Waals surface area contributed by atoms with Crippen molar-refractivity contribution in [2.45, 2.75) is 0 Å². The van der Waals surface area contributed by atoms with Crippen molar-refractivity contribution in [3.63, 3.8) is 0 Å². The molecule has 2 heterocycles. The van der Waals surface area contributed by atoms with Gasteiger partial charge in [0.2, 0.25) is 0 Å². The van der Waals surface area contributed by atoms with E-state index >= 15 is 0 Å². The van der Waals surface area contributed by atoms with Gasteiger partial charge in [-0.3, -0.25) is 9.36 Å². The van der Waals surface area contributed by atoms with Gasteiger partial charge in [-0.15, -0.1) is 0 Å². The maximum Gasteiger partial charge on any atom is 0.279 e. The highest BCUT2D eigenvalue weighted by atomic mass is 16.1. The van der Waals surface area contributed by atoms with E-state index in [1.807, 2.05) is 66.7 Å². The largest absolute Gasteiger partial charge is 0.350 e. The van der Waals surface area contributed by atoms with Crippen molar-refractivity contribution in [3.05, 3.63) is 89.2 Å². The molecule has 0 aliphatic heterocycles. The van der Waals surface area contributed by atoms with Crippen LogP contribution in [-0.4, -0.2) is 9.55 Å². The molecule has 1 N–H and O–H groups in total. The first kappa shape index (κ1) is 13.1. The number of pyridine rings is 1. The summed E-state index contributed by atoms with van der Waals surface area (Å²) in [5, 5.41) is 3.16. The summed E-state index contributed by atoms with van der Waals surface area (Å²) in [6, 6.07) is 25.9. The van der Waals surface area contributed by atoms with Crippen molar-refractivity contribution in [3.8, 4) is 5.69 Å². The number of benzene rings is 3. The highest BCUT2D eigenvalue weighted by Gasteiger charge is 2.15. The number of hydrogen-bond donors (Lipinski definition) is 1. The zero-order valence-electron chi connectivity index (χ0n) is 12.9. The van der Waals surface area contributed by atoms with Gasteiger partial charge in [-0.05, 0) is 24.3 Å². The summed E-state index contributed by atoms with van der Waals surface area (Å²) in [6.07, 6.45) is 0. The van der Waals surface area contributed by atoms with Crippen molar-refractivity contribution in [2.75, 3.05) is 0 Å². The number of para-hydroxylation sites is 3. The SMILES string of the molecule is O=c1c2[nH]c3ccccc3c2c2ccccc2n1-c1ccccc1. The summed E-state index contributed by atoms with van der Waals surface area (Å²) in [5.74, 6) is 0. The third-order valence-electron chi connectivity index (χ3n) is 4.55. The van der Waals surface area contributed by atoms with Crippen molar-refractivity contribution in [1.29, 1.82) is 0 Å². The lowest BCUT2D eigenvalue weighted by Crippen LogP contribution is -2.19. The predicted molar refractivity (Wildman–Crippen MR) is 98.9 cm³/mol. The number of fused-ring (bicyclic) bond motifs is 5. The van der Waals surface area contributed by atoms with Crippen LogP contribution in [-0.2, 0) is 0 Å². The Labute approximate surface area is 137 Å². The zero-order valence-corrected chi connectivity index (χ0v) is 12.9. The van der Waals surface area contributed by atoms with Gasteiger partial charge in [0.05, 0.1) is 5.52 Å². The molecule has 3 nitrogen and oxygen atoms in total. The van der Waals surface area contributed by atoms with Gasteiger partial charge < -0.3 is 4.98 Å². The van der Waals surface area contributed by atoms with E-state index in [-0.39, 0.29) is 5.56 Å². The van der Waals surface area contributed by atoms with Crippen LogP contribution in [0.25, 0.3) is 38.4 Å². The Balaban J connectivity index is 2.10. The molecule has 0 saturated carbocycles. The minimum atomic E-state index is -0.0221. The summed E-state index contributed by atoms with van der Waals surface area (Å²) in [4.78, 5) is 16.6. The number of hydrogen-bond acceptors (Lipinski definition) is 1. The fourth-order valence-electron chi connectivity index (χ4n) is 3.52. The lowest BCUT2D eigenvalue weighted by Gasteiger charge is -2.11. The predicted octanol–water partition coefficient (Wildman–Crippen LogP) is 4.63. The standard InChI is InChI=1S/C21H14N2O/c24-21-20-19(15-10-4-6-12-17(15)22-20)16-11-5-7-13-18(16)23(21)14-8-2-1-3-9-14/h1-13,22H. The highest BCUT2D eigenvalue weighted by molar-refractivity contribution is 6.19. The molecule has 0 atom stereocenters. The molecule has 3 aromatic carbocycles.